The normalized spacial score (nSPS) is 11.8. The predicted octanol–water partition coefficient (Wildman–Crippen LogP) is 9.62. The summed E-state index contributed by atoms with van der Waals surface area (Å²) in [4.78, 5) is 0. The fourth-order valence-corrected chi connectivity index (χ4v) is 4.41. The van der Waals surface area contributed by atoms with Crippen LogP contribution in [0.2, 0.25) is 0 Å². The number of hydrogen-bond acceptors (Lipinski definition) is 2. The summed E-state index contributed by atoms with van der Waals surface area (Å²) in [7, 11) is 0. The Morgan fingerprint density at radius 2 is 1.25 bits per heavy atom. The van der Waals surface area contributed by atoms with Crippen molar-refractivity contribution in [3.63, 3.8) is 0 Å². The first kappa shape index (κ1) is 30.3. The topological polar surface area (TPSA) is 29.5 Å². The minimum Gasteiger partial charge on any atom is -0.508 e. The van der Waals surface area contributed by atoms with E-state index in [1.165, 1.54) is 30.2 Å². The van der Waals surface area contributed by atoms with Crippen LogP contribution in [0.25, 0.3) is 33.0 Å². The Bertz CT molecular complexity index is 1950. The second kappa shape index (κ2) is 11.1. The van der Waals surface area contributed by atoms with Crippen molar-refractivity contribution in [2.45, 2.75) is 12.3 Å². The standard InChI is InChI=1S/C32H14F10O2/c33-25-14-19-11-17(3-7-23(19)30(37)24(25)9-10-31(38,39)40)22-8-6-21(15-26(22)34)44-32(41,42)29-27(35)12-18(13-28(29)36)16-1-4-20(43)5-2-16/h1-8,11-15,43H. The van der Waals surface area contributed by atoms with Gasteiger partial charge in [-0.2, -0.15) is 22.0 Å². The zero-order valence-electron chi connectivity index (χ0n) is 21.6. The Hall–Kier alpha value is -5.18. The maximum absolute atomic E-state index is 15.0. The Kier molecular flexibility index (Phi) is 7.67. The number of phenols is 1. The minimum absolute atomic E-state index is 0.00291. The summed E-state index contributed by atoms with van der Waals surface area (Å²) >= 11 is 0. The number of phenolic OH excluding ortho intramolecular Hbond substituents is 1. The molecular weight excluding hydrogens is 606 g/mol. The first-order valence-electron chi connectivity index (χ1n) is 12.3. The maximum atomic E-state index is 15.0. The summed E-state index contributed by atoms with van der Waals surface area (Å²) in [6.45, 7) is 0. The van der Waals surface area contributed by atoms with Gasteiger partial charge < -0.3 is 9.84 Å². The van der Waals surface area contributed by atoms with Gasteiger partial charge in [0.15, 0.2) is 0 Å². The van der Waals surface area contributed by atoms with Crippen LogP contribution in [0.3, 0.4) is 0 Å². The Morgan fingerprint density at radius 3 is 1.86 bits per heavy atom. The summed E-state index contributed by atoms with van der Waals surface area (Å²) in [5.74, 6) is -5.98. The Labute approximate surface area is 241 Å². The first-order valence-corrected chi connectivity index (χ1v) is 12.3. The molecule has 44 heavy (non-hydrogen) atoms. The van der Waals surface area contributed by atoms with E-state index < -0.39 is 58.2 Å². The highest BCUT2D eigenvalue weighted by molar-refractivity contribution is 5.89. The lowest BCUT2D eigenvalue weighted by Crippen LogP contribution is -2.25. The number of ether oxygens (including phenoxy) is 1. The van der Waals surface area contributed by atoms with E-state index in [2.05, 4.69) is 4.74 Å². The first-order chi connectivity index (χ1) is 20.6. The second-order valence-electron chi connectivity index (χ2n) is 9.35. The lowest BCUT2D eigenvalue weighted by atomic mass is 9.98. The van der Waals surface area contributed by atoms with E-state index in [4.69, 9.17) is 0 Å². The number of hydrogen-bond donors (Lipinski definition) is 1. The molecule has 0 aliphatic heterocycles. The van der Waals surface area contributed by atoms with Crippen LogP contribution in [0.5, 0.6) is 11.5 Å². The van der Waals surface area contributed by atoms with Crippen LogP contribution in [0.4, 0.5) is 43.9 Å². The van der Waals surface area contributed by atoms with Crippen LogP contribution in [-0.2, 0) is 6.11 Å². The van der Waals surface area contributed by atoms with Crippen LogP contribution in [-0.4, -0.2) is 11.3 Å². The Balaban J connectivity index is 1.43. The lowest BCUT2D eigenvalue weighted by molar-refractivity contribution is -0.189. The van der Waals surface area contributed by atoms with Crippen LogP contribution >= 0.6 is 0 Å². The molecule has 5 rings (SSSR count). The van der Waals surface area contributed by atoms with Crippen LogP contribution in [0.15, 0.2) is 78.9 Å². The Morgan fingerprint density at radius 1 is 0.614 bits per heavy atom. The molecule has 2 nitrogen and oxygen atoms in total. The molecule has 0 fully saturated rings. The van der Waals surface area contributed by atoms with Crippen molar-refractivity contribution in [2.24, 2.45) is 0 Å². The molecule has 0 radical (unpaired) electrons. The molecule has 0 amide bonds. The number of fused-ring (bicyclic) bond motifs is 1. The molecule has 0 saturated carbocycles. The molecule has 0 heterocycles. The molecular formula is C32H14F10O2. The highest BCUT2D eigenvalue weighted by atomic mass is 19.4. The van der Waals surface area contributed by atoms with Crippen LogP contribution in [0, 0.1) is 40.9 Å². The molecule has 0 aromatic heterocycles. The van der Waals surface area contributed by atoms with Gasteiger partial charge >= 0.3 is 12.3 Å². The van der Waals surface area contributed by atoms with Gasteiger partial charge in [-0.05, 0) is 70.6 Å². The summed E-state index contributed by atoms with van der Waals surface area (Å²) in [5.41, 5.74) is -2.97. The van der Waals surface area contributed by atoms with Gasteiger partial charge in [-0.15, -0.1) is 0 Å². The lowest BCUT2D eigenvalue weighted by Gasteiger charge is -2.20. The van der Waals surface area contributed by atoms with Gasteiger partial charge in [0.1, 0.15) is 46.1 Å². The molecule has 0 unspecified atom stereocenters. The highest BCUT2D eigenvalue weighted by Gasteiger charge is 2.41. The van der Waals surface area contributed by atoms with E-state index in [-0.39, 0.29) is 38.8 Å². The van der Waals surface area contributed by atoms with Gasteiger partial charge in [-0.25, -0.2) is 22.0 Å². The third kappa shape index (κ3) is 6.13. The van der Waals surface area contributed by atoms with E-state index in [1.54, 1.807) is 0 Å². The molecule has 12 heteroatoms. The molecule has 0 atom stereocenters. The van der Waals surface area contributed by atoms with Crippen LogP contribution < -0.4 is 4.74 Å². The van der Waals surface area contributed by atoms with Crippen molar-refractivity contribution in [3.05, 3.63) is 119 Å². The number of alkyl halides is 5. The smallest absolute Gasteiger partial charge is 0.458 e. The van der Waals surface area contributed by atoms with E-state index in [9.17, 15) is 44.6 Å². The monoisotopic (exact) mass is 620 g/mol. The molecule has 0 saturated heterocycles. The fourth-order valence-electron chi connectivity index (χ4n) is 4.41. The molecule has 5 aromatic carbocycles. The van der Waals surface area contributed by atoms with Crippen molar-refractivity contribution in [1.29, 1.82) is 0 Å². The third-order valence-electron chi connectivity index (χ3n) is 6.39. The summed E-state index contributed by atoms with van der Waals surface area (Å²) in [6.07, 6.45) is -9.59. The van der Waals surface area contributed by atoms with Gasteiger partial charge in [0.05, 0.1) is 5.56 Å². The molecule has 5 aromatic rings. The van der Waals surface area contributed by atoms with Crippen molar-refractivity contribution in [1.82, 2.24) is 0 Å². The van der Waals surface area contributed by atoms with E-state index in [0.29, 0.717) is 24.3 Å². The van der Waals surface area contributed by atoms with Crippen molar-refractivity contribution in [3.8, 4) is 45.6 Å². The number of rotatable bonds is 5. The van der Waals surface area contributed by atoms with E-state index >= 15 is 4.39 Å². The largest absolute Gasteiger partial charge is 0.508 e. The summed E-state index contributed by atoms with van der Waals surface area (Å²) < 4.78 is 145. The summed E-state index contributed by atoms with van der Waals surface area (Å²) in [6, 6.07) is 12.7. The number of aromatic hydroxyl groups is 1. The molecule has 0 aliphatic carbocycles. The van der Waals surface area contributed by atoms with Gasteiger partial charge in [0.2, 0.25) is 0 Å². The van der Waals surface area contributed by atoms with E-state index in [1.807, 2.05) is 0 Å². The van der Waals surface area contributed by atoms with Crippen molar-refractivity contribution in [2.75, 3.05) is 0 Å². The third-order valence-corrected chi connectivity index (χ3v) is 6.39. The van der Waals surface area contributed by atoms with Crippen molar-refractivity contribution < 1.29 is 53.7 Å². The number of benzene rings is 5. The molecule has 0 bridgehead atoms. The number of halogens is 10. The van der Waals surface area contributed by atoms with Crippen molar-refractivity contribution >= 4 is 10.8 Å². The highest BCUT2D eigenvalue weighted by Crippen LogP contribution is 2.39. The molecule has 1 N–H and O–H groups in total. The summed E-state index contributed by atoms with van der Waals surface area (Å²) in [5, 5.41) is 8.88. The zero-order chi connectivity index (χ0) is 32.0. The van der Waals surface area contributed by atoms with Crippen LogP contribution in [0.1, 0.15) is 11.1 Å². The quantitative estimate of drug-likeness (QED) is 0.157. The predicted molar refractivity (Wildman–Crippen MR) is 140 cm³/mol. The minimum atomic E-state index is -4.99. The van der Waals surface area contributed by atoms with Gasteiger partial charge in [0, 0.05) is 22.9 Å². The van der Waals surface area contributed by atoms with Gasteiger partial charge in [-0.3, -0.25) is 0 Å². The molecule has 0 aliphatic rings. The maximum Gasteiger partial charge on any atom is 0.458 e. The average Bonchev–Trinajstić information content (AvgIpc) is 2.91. The zero-order valence-corrected chi connectivity index (χ0v) is 21.6. The molecule has 224 valence electrons. The second-order valence-corrected chi connectivity index (χ2v) is 9.35. The van der Waals surface area contributed by atoms with E-state index in [0.717, 1.165) is 36.3 Å². The fraction of sp³-hybridized carbons (Fsp3) is 0.0625. The van der Waals surface area contributed by atoms with Gasteiger partial charge in [0.25, 0.3) is 0 Å². The molecule has 0 spiro atoms. The van der Waals surface area contributed by atoms with Gasteiger partial charge in [-0.1, -0.05) is 30.2 Å². The SMILES string of the molecule is Oc1ccc(-c2cc(F)c(C(F)(F)Oc3ccc(-c4ccc5c(F)c(C#CC(F)(F)F)c(F)cc5c4)c(F)c3)c(F)c2)cc1. The average molecular weight is 620 g/mol.